The Morgan fingerprint density at radius 3 is 2.35 bits per heavy atom. The van der Waals surface area contributed by atoms with Gasteiger partial charge in [0.05, 0.1) is 17.7 Å². The van der Waals surface area contributed by atoms with Gasteiger partial charge in [0, 0.05) is 42.8 Å². The molecule has 2 atom stereocenters. The monoisotopic (exact) mass is 506 g/mol. The molecule has 2 saturated heterocycles. The number of ketones is 1. The third-order valence-corrected chi connectivity index (χ3v) is 12.8. The average Bonchev–Trinajstić information content (AvgIpc) is 3.38. The SMILES string of the molecule is COc1ccc(C(=O)N2CCSC23CCN(S(=O)(=O)CC24CCC(CC2=O)C4(C)C)CC3)cc1. The Kier molecular flexibility index (Phi) is 5.84. The molecule has 1 amide bonds. The third kappa shape index (κ3) is 3.53. The van der Waals surface area contributed by atoms with Crippen LogP contribution in [0, 0.1) is 16.7 Å². The van der Waals surface area contributed by atoms with Crippen LogP contribution in [0.4, 0.5) is 0 Å². The number of rotatable bonds is 5. The fourth-order valence-corrected chi connectivity index (χ4v) is 10.5. The molecule has 2 bridgehead atoms. The number of piperidine rings is 1. The first-order valence-electron chi connectivity index (χ1n) is 12.2. The van der Waals surface area contributed by atoms with Crippen LogP contribution >= 0.6 is 11.8 Å². The molecule has 1 aromatic rings. The summed E-state index contributed by atoms with van der Waals surface area (Å²) in [5.74, 6) is 1.90. The molecule has 186 valence electrons. The van der Waals surface area contributed by atoms with Crippen molar-refractivity contribution >= 4 is 33.5 Å². The molecule has 5 rings (SSSR count). The van der Waals surface area contributed by atoms with E-state index in [0.29, 0.717) is 62.5 Å². The lowest BCUT2D eigenvalue weighted by atomic mass is 9.70. The van der Waals surface area contributed by atoms with Crippen LogP contribution in [0.2, 0.25) is 0 Å². The van der Waals surface area contributed by atoms with Crippen molar-refractivity contribution in [1.82, 2.24) is 9.21 Å². The van der Waals surface area contributed by atoms with Crippen molar-refractivity contribution in [3.8, 4) is 5.75 Å². The zero-order chi connectivity index (χ0) is 24.4. The highest BCUT2D eigenvalue weighted by Gasteiger charge is 2.65. The summed E-state index contributed by atoms with van der Waals surface area (Å²) in [4.78, 5) is 27.8. The van der Waals surface area contributed by atoms with Crippen LogP contribution in [0.25, 0.3) is 0 Å². The van der Waals surface area contributed by atoms with Gasteiger partial charge in [-0.25, -0.2) is 12.7 Å². The van der Waals surface area contributed by atoms with Crippen LogP contribution < -0.4 is 4.74 Å². The maximum absolute atomic E-state index is 13.5. The number of methoxy groups -OCH3 is 1. The van der Waals surface area contributed by atoms with Gasteiger partial charge in [-0.1, -0.05) is 13.8 Å². The number of hydrogen-bond acceptors (Lipinski definition) is 6. The van der Waals surface area contributed by atoms with E-state index in [1.807, 2.05) is 4.90 Å². The van der Waals surface area contributed by atoms with Gasteiger partial charge < -0.3 is 9.64 Å². The van der Waals surface area contributed by atoms with Crippen molar-refractivity contribution in [2.24, 2.45) is 16.7 Å². The van der Waals surface area contributed by atoms with Crippen LogP contribution in [0.1, 0.15) is 56.3 Å². The zero-order valence-corrected chi connectivity index (χ0v) is 21.8. The molecule has 4 aliphatic rings. The molecule has 1 aromatic carbocycles. The maximum atomic E-state index is 13.5. The van der Waals surface area contributed by atoms with Gasteiger partial charge in [-0.3, -0.25) is 9.59 Å². The maximum Gasteiger partial charge on any atom is 0.255 e. The number of amides is 1. The molecular weight excluding hydrogens is 472 g/mol. The first-order valence-corrected chi connectivity index (χ1v) is 14.8. The summed E-state index contributed by atoms with van der Waals surface area (Å²) in [7, 11) is -1.98. The number of hydrogen-bond donors (Lipinski definition) is 0. The number of fused-ring (bicyclic) bond motifs is 2. The van der Waals surface area contributed by atoms with Gasteiger partial charge in [0.1, 0.15) is 11.5 Å². The minimum absolute atomic E-state index is 0.0156. The molecule has 1 spiro atoms. The second-order valence-corrected chi connectivity index (χ2v) is 14.2. The second kappa shape index (κ2) is 8.23. The number of Topliss-reactive ketones (excluding diaryl/α,β-unsaturated/α-hetero) is 1. The van der Waals surface area contributed by atoms with E-state index in [0.717, 1.165) is 12.2 Å². The third-order valence-electron chi connectivity index (χ3n) is 9.22. The lowest BCUT2D eigenvalue weighted by Crippen LogP contribution is -2.55. The predicted octanol–water partition coefficient (Wildman–Crippen LogP) is 3.40. The second-order valence-electron chi connectivity index (χ2n) is 10.8. The molecule has 34 heavy (non-hydrogen) atoms. The Bertz CT molecular complexity index is 1090. The van der Waals surface area contributed by atoms with Crippen molar-refractivity contribution in [3.05, 3.63) is 29.8 Å². The minimum Gasteiger partial charge on any atom is -0.497 e. The van der Waals surface area contributed by atoms with Crippen molar-refractivity contribution in [2.75, 3.05) is 38.2 Å². The number of benzene rings is 1. The van der Waals surface area contributed by atoms with Crippen LogP contribution in [-0.2, 0) is 14.8 Å². The van der Waals surface area contributed by atoms with Gasteiger partial charge in [-0.15, -0.1) is 11.8 Å². The molecule has 0 N–H and O–H groups in total. The van der Waals surface area contributed by atoms with E-state index in [-0.39, 0.29) is 27.7 Å². The summed E-state index contributed by atoms with van der Waals surface area (Å²) in [6, 6.07) is 7.14. The molecule has 9 heteroatoms. The van der Waals surface area contributed by atoms with Gasteiger partial charge >= 0.3 is 0 Å². The van der Waals surface area contributed by atoms with Gasteiger partial charge in [-0.05, 0) is 61.3 Å². The molecule has 2 aliphatic carbocycles. The van der Waals surface area contributed by atoms with E-state index in [2.05, 4.69) is 13.8 Å². The number of carbonyl (C=O) groups is 2. The van der Waals surface area contributed by atoms with Crippen LogP contribution in [0.5, 0.6) is 5.75 Å². The summed E-state index contributed by atoms with van der Waals surface area (Å²) < 4.78 is 33.8. The van der Waals surface area contributed by atoms with Crippen molar-refractivity contribution in [1.29, 1.82) is 0 Å². The van der Waals surface area contributed by atoms with Crippen molar-refractivity contribution < 1.29 is 22.7 Å². The molecule has 7 nitrogen and oxygen atoms in total. The number of nitrogens with zero attached hydrogens (tertiary/aromatic N) is 2. The molecule has 2 saturated carbocycles. The Hall–Kier alpha value is -1.58. The lowest BCUT2D eigenvalue weighted by molar-refractivity contribution is -0.128. The van der Waals surface area contributed by atoms with Crippen LogP contribution in [-0.4, -0.2) is 72.4 Å². The van der Waals surface area contributed by atoms with Crippen molar-refractivity contribution in [2.45, 2.75) is 50.8 Å². The van der Waals surface area contributed by atoms with E-state index in [1.54, 1.807) is 47.4 Å². The molecule has 2 aliphatic heterocycles. The summed E-state index contributed by atoms with van der Waals surface area (Å²) in [5, 5.41) is 0. The average molecular weight is 507 g/mol. The first-order chi connectivity index (χ1) is 16.0. The first kappa shape index (κ1) is 24.1. The predicted molar refractivity (Wildman–Crippen MR) is 132 cm³/mol. The van der Waals surface area contributed by atoms with Crippen molar-refractivity contribution in [3.63, 3.8) is 0 Å². The molecule has 0 radical (unpaired) electrons. The van der Waals surface area contributed by atoms with E-state index < -0.39 is 15.4 Å². The van der Waals surface area contributed by atoms with E-state index in [4.69, 9.17) is 4.74 Å². The Balaban J connectivity index is 1.29. The molecule has 4 fully saturated rings. The highest BCUT2D eigenvalue weighted by molar-refractivity contribution is 8.00. The topological polar surface area (TPSA) is 84.0 Å². The van der Waals surface area contributed by atoms with Gasteiger partial charge in [0.25, 0.3) is 5.91 Å². The summed E-state index contributed by atoms with van der Waals surface area (Å²) in [6.45, 7) is 5.59. The van der Waals surface area contributed by atoms with Crippen LogP contribution in [0.3, 0.4) is 0 Å². The Labute approximate surface area is 206 Å². The minimum atomic E-state index is -3.57. The van der Waals surface area contributed by atoms with Gasteiger partial charge in [0.2, 0.25) is 10.0 Å². The normalized spacial score (nSPS) is 30.3. The highest BCUT2D eigenvalue weighted by Crippen LogP contribution is 2.64. The number of sulfonamides is 1. The number of thioether (sulfide) groups is 1. The number of carbonyl (C=O) groups excluding carboxylic acids is 2. The smallest absolute Gasteiger partial charge is 0.255 e. The zero-order valence-electron chi connectivity index (χ0n) is 20.2. The quantitative estimate of drug-likeness (QED) is 0.609. The lowest BCUT2D eigenvalue weighted by Gasteiger charge is -2.44. The fourth-order valence-electron chi connectivity index (χ4n) is 6.82. The summed E-state index contributed by atoms with van der Waals surface area (Å²) in [6.07, 6.45) is 3.35. The molecule has 2 unspecified atom stereocenters. The number of ether oxygens (including phenoxy) is 1. The summed E-state index contributed by atoms with van der Waals surface area (Å²) in [5.41, 5.74) is -0.393. The van der Waals surface area contributed by atoms with Gasteiger partial charge in [0.15, 0.2) is 0 Å². The molecule has 0 aromatic heterocycles. The highest BCUT2D eigenvalue weighted by atomic mass is 32.2. The standard InChI is InChI=1S/C25H34N2O5S2/c1-23(2)19-8-9-24(23,21(28)16-19)17-34(30,31)26-12-10-25(11-13-26)27(14-15-33-25)22(29)18-4-6-20(32-3)7-5-18/h4-7,19H,8-17H2,1-3H3. The Morgan fingerprint density at radius 1 is 1.12 bits per heavy atom. The van der Waals surface area contributed by atoms with E-state index >= 15 is 0 Å². The van der Waals surface area contributed by atoms with E-state index in [1.165, 1.54) is 0 Å². The fraction of sp³-hybridized carbons (Fsp3) is 0.680. The largest absolute Gasteiger partial charge is 0.497 e. The Morgan fingerprint density at radius 2 is 1.79 bits per heavy atom. The van der Waals surface area contributed by atoms with Gasteiger partial charge in [-0.2, -0.15) is 0 Å². The molecular formula is C25H34N2O5S2. The molecule has 2 heterocycles. The van der Waals surface area contributed by atoms with E-state index in [9.17, 15) is 18.0 Å². The van der Waals surface area contributed by atoms with Crippen LogP contribution in [0.15, 0.2) is 24.3 Å². The summed E-state index contributed by atoms with van der Waals surface area (Å²) >= 11 is 1.77.